The Labute approximate surface area is 62.5 Å². The van der Waals surface area contributed by atoms with Crippen LogP contribution in [0.3, 0.4) is 0 Å². The molecule has 0 spiro atoms. The first-order valence-corrected chi connectivity index (χ1v) is 3.93. The highest BCUT2D eigenvalue weighted by molar-refractivity contribution is 4.65. The molecule has 0 amide bonds. The lowest BCUT2D eigenvalue weighted by molar-refractivity contribution is 0.0197. The van der Waals surface area contributed by atoms with Gasteiger partial charge < -0.3 is 9.47 Å². The third-order valence-electron chi connectivity index (χ3n) is 2.04. The van der Waals surface area contributed by atoms with Crippen molar-refractivity contribution in [2.75, 3.05) is 13.2 Å². The molecule has 1 rings (SSSR count). The van der Waals surface area contributed by atoms with E-state index in [-0.39, 0.29) is 6.10 Å². The van der Waals surface area contributed by atoms with Crippen molar-refractivity contribution in [1.29, 1.82) is 0 Å². The molecule has 0 aromatic rings. The molecule has 0 aromatic heterocycles. The highest BCUT2D eigenvalue weighted by Gasteiger charge is 2.19. The molecule has 0 aromatic carbocycles. The summed E-state index contributed by atoms with van der Waals surface area (Å²) in [5, 5.41) is 0. The summed E-state index contributed by atoms with van der Waals surface area (Å²) >= 11 is 0. The molecule has 0 N–H and O–H groups in total. The lowest BCUT2D eigenvalue weighted by Crippen LogP contribution is -2.18. The van der Waals surface area contributed by atoms with Gasteiger partial charge in [0.1, 0.15) is 0 Å². The first-order valence-electron chi connectivity index (χ1n) is 3.93. The van der Waals surface area contributed by atoms with Gasteiger partial charge in [0.25, 0.3) is 0 Å². The van der Waals surface area contributed by atoms with E-state index in [1.165, 1.54) is 0 Å². The second-order valence-electron chi connectivity index (χ2n) is 3.16. The second-order valence-corrected chi connectivity index (χ2v) is 3.16. The van der Waals surface area contributed by atoms with Gasteiger partial charge in [0.05, 0.1) is 25.4 Å². The lowest BCUT2D eigenvalue weighted by atomic mass is 10.1. The second kappa shape index (κ2) is 3.35. The third-order valence-corrected chi connectivity index (χ3v) is 2.04. The molecular weight excluding hydrogens is 128 g/mol. The highest BCUT2D eigenvalue weighted by atomic mass is 16.5. The summed E-state index contributed by atoms with van der Waals surface area (Å²) in [7, 11) is 0. The van der Waals surface area contributed by atoms with Crippen molar-refractivity contribution in [3.63, 3.8) is 0 Å². The van der Waals surface area contributed by atoms with Gasteiger partial charge in [0, 0.05) is 5.92 Å². The molecule has 1 aliphatic heterocycles. The van der Waals surface area contributed by atoms with Crippen LogP contribution in [0.1, 0.15) is 20.8 Å². The van der Waals surface area contributed by atoms with E-state index in [9.17, 15) is 0 Å². The molecule has 1 saturated heterocycles. The van der Waals surface area contributed by atoms with E-state index >= 15 is 0 Å². The van der Waals surface area contributed by atoms with Crippen LogP contribution in [-0.4, -0.2) is 25.4 Å². The topological polar surface area (TPSA) is 18.5 Å². The van der Waals surface area contributed by atoms with Gasteiger partial charge in [0.2, 0.25) is 0 Å². The van der Waals surface area contributed by atoms with Crippen LogP contribution in [0.4, 0.5) is 0 Å². The normalized spacial score (nSPS) is 42.9. The predicted molar refractivity (Wildman–Crippen MR) is 40.0 cm³/mol. The molecule has 2 heteroatoms. The Morgan fingerprint density at radius 1 is 1.00 bits per heavy atom. The van der Waals surface area contributed by atoms with Crippen LogP contribution in [0.5, 0.6) is 0 Å². The molecule has 1 heterocycles. The maximum atomic E-state index is 5.50. The average molecular weight is 144 g/mol. The zero-order chi connectivity index (χ0) is 7.56. The van der Waals surface area contributed by atoms with Crippen LogP contribution >= 0.6 is 0 Å². The number of hydrogen-bond donors (Lipinski definition) is 0. The Morgan fingerprint density at radius 2 is 1.70 bits per heavy atom. The summed E-state index contributed by atoms with van der Waals surface area (Å²) in [5.74, 6) is 0.532. The summed E-state index contributed by atoms with van der Waals surface area (Å²) in [5.41, 5.74) is 0. The number of hydrogen-bond acceptors (Lipinski definition) is 2. The first-order chi connectivity index (χ1) is 4.70. The van der Waals surface area contributed by atoms with E-state index in [1.54, 1.807) is 0 Å². The fourth-order valence-corrected chi connectivity index (χ4v) is 0.951. The lowest BCUT2D eigenvalue weighted by Gasteiger charge is -2.14. The van der Waals surface area contributed by atoms with Gasteiger partial charge in [-0.15, -0.1) is 0 Å². The van der Waals surface area contributed by atoms with Gasteiger partial charge in [0.15, 0.2) is 0 Å². The summed E-state index contributed by atoms with van der Waals surface area (Å²) in [6.07, 6.45) is 0.623. The van der Waals surface area contributed by atoms with Crippen LogP contribution in [0.2, 0.25) is 0 Å². The van der Waals surface area contributed by atoms with E-state index in [2.05, 4.69) is 13.8 Å². The minimum atomic E-state index is 0.271. The van der Waals surface area contributed by atoms with Crippen LogP contribution in [-0.2, 0) is 9.47 Å². The Bertz CT molecular complexity index is 91.4. The first kappa shape index (κ1) is 8.02. The fraction of sp³-hybridized carbons (Fsp3) is 1.00. The van der Waals surface area contributed by atoms with Gasteiger partial charge in [-0.2, -0.15) is 0 Å². The van der Waals surface area contributed by atoms with Crippen molar-refractivity contribution in [2.24, 2.45) is 5.92 Å². The molecule has 10 heavy (non-hydrogen) atoms. The summed E-state index contributed by atoms with van der Waals surface area (Å²) < 4.78 is 11.0. The summed E-state index contributed by atoms with van der Waals surface area (Å²) in [4.78, 5) is 0. The van der Waals surface area contributed by atoms with Gasteiger partial charge in [-0.25, -0.2) is 0 Å². The predicted octanol–water partition coefficient (Wildman–Crippen LogP) is 1.45. The van der Waals surface area contributed by atoms with Gasteiger partial charge in [-0.1, -0.05) is 6.92 Å². The van der Waals surface area contributed by atoms with Crippen molar-refractivity contribution in [1.82, 2.24) is 0 Å². The van der Waals surface area contributed by atoms with Crippen LogP contribution in [0, 0.1) is 5.92 Å². The fourth-order valence-electron chi connectivity index (χ4n) is 0.951. The maximum Gasteiger partial charge on any atom is 0.0780 e. The van der Waals surface area contributed by atoms with Crippen molar-refractivity contribution < 1.29 is 9.47 Å². The third kappa shape index (κ3) is 1.96. The average Bonchev–Trinajstić information content (AvgIpc) is 2.04. The summed E-state index contributed by atoms with van der Waals surface area (Å²) in [6.45, 7) is 7.88. The van der Waals surface area contributed by atoms with E-state index < -0.39 is 0 Å². The molecule has 2 unspecified atom stereocenters. The van der Waals surface area contributed by atoms with Gasteiger partial charge in [-0.3, -0.25) is 0 Å². The molecule has 0 radical (unpaired) electrons. The quantitative estimate of drug-likeness (QED) is 0.512. The van der Waals surface area contributed by atoms with E-state index in [0.717, 1.165) is 13.2 Å². The number of rotatable bonds is 0. The monoisotopic (exact) mass is 144 g/mol. The maximum absolute atomic E-state index is 5.50. The Balaban J connectivity index is 2.38. The van der Waals surface area contributed by atoms with Crippen LogP contribution in [0.25, 0.3) is 0 Å². The molecule has 0 bridgehead atoms. The summed E-state index contributed by atoms with van der Waals surface area (Å²) in [6, 6.07) is 0. The van der Waals surface area contributed by atoms with Crippen molar-refractivity contribution in [2.45, 2.75) is 33.0 Å². The molecule has 0 saturated carbocycles. The van der Waals surface area contributed by atoms with Crippen molar-refractivity contribution in [3.05, 3.63) is 0 Å². The molecule has 3 atom stereocenters. The highest BCUT2D eigenvalue weighted by Crippen LogP contribution is 2.13. The van der Waals surface area contributed by atoms with Gasteiger partial charge in [-0.05, 0) is 13.8 Å². The van der Waals surface area contributed by atoms with E-state index in [0.29, 0.717) is 12.0 Å². The van der Waals surface area contributed by atoms with Crippen LogP contribution < -0.4 is 0 Å². The zero-order valence-corrected chi connectivity index (χ0v) is 6.96. The van der Waals surface area contributed by atoms with Crippen molar-refractivity contribution >= 4 is 0 Å². The van der Waals surface area contributed by atoms with E-state index in [4.69, 9.17) is 9.47 Å². The Hall–Kier alpha value is -0.0800. The SMILES string of the molecule is CC1CO[C@@H](C)COC1C. The minimum Gasteiger partial charge on any atom is -0.376 e. The molecule has 2 nitrogen and oxygen atoms in total. The zero-order valence-electron chi connectivity index (χ0n) is 6.96. The number of ether oxygens (including phenoxy) is 2. The minimum absolute atomic E-state index is 0.271. The van der Waals surface area contributed by atoms with Crippen molar-refractivity contribution in [3.8, 4) is 0 Å². The molecule has 0 aliphatic carbocycles. The van der Waals surface area contributed by atoms with Crippen LogP contribution in [0.15, 0.2) is 0 Å². The molecule has 1 fully saturated rings. The van der Waals surface area contributed by atoms with Gasteiger partial charge >= 0.3 is 0 Å². The molecule has 60 valence electrons. The standard InChI is InChI=1S/C8H16O2/c1-6-4-9-7(2)5-10-8(6)3/h6-8H,4-5H2,1-3H3/t6?,7-,8?/m0/s1. The molecular formula is C8H16O2. The molecule has 1 aliphatic rings. The largest absolute Gasteiger partial charge is 0.376 e. The Kier molecular flexibility index (Phi) is 2.69. The van der Waals surface area contributed by atoms with E-state index in [1.807, 2.05) is 6.92 Å². The Morgan fingerprint density at radius 3 is 2.40 bits per heavy atom. The smallest absolute Gasteiger partial charge is 0.0780 e.